The summed E-state index contributed by atoms with van der Waals surface area (Å²) in [5.74, 6) is -0.269. The highest BCUT2D eigenvalue weighted by atomic mass is 19.1. The third-order valence-corrected chi connectivity index (χ3v) is 3.85. The van der Waals surface area contributed by atoms with Crippen LogP contribution in [0, 0.1) is 5.82 Å². The van der Waals surface area contributed by atoms with Gasteiger partial charge < -0.3 is 15.7 Å². The van der Waals surface area contributed by atoms with Crippen molar-refractivity contribution in [3.8, 4) is 0 Å². The van der Waals surface area contributed by atoms with Crippen molar-refractivity contribution in [2.24, 2.45) is 0 Å². The standard InChI is InChI=1S/C16H23FN2O2/c1-11(9-12-5-4-6-13(17)10-12)18-16(21)19-14-7-2-3-8-15(14)20/h4-6,10-11,14-15,20H,2-3,7-9H2,1H3,(H2,18,19,21). The zero-order chi connectivity index (χ0) is 15.2. The number of benzene rings is 1. The maximum atomic E-state index is 13.1. The van der Waals surface area contributed by atoms with Crippen LogP contribution >= 0.6 is 0 Å². The van der Waals surface area contributed by atoms with Crippen LogP contribution in [0.1, 0.15) is 38.2 Å². The summed E-state index contributed by atoms with van der Waals surface area (Å²) in [7, 11) is 0. The fourth-order valence-electron chi connectivity index (χ4n) is 2.78. The Bertz CT molecular complexity index is 481. The molecule has 1 fully saturated rings. The summed E-state index contributed by atoms with van der Waals surface area (Å²) in [6.45, 7) is 1.88. The summed E-state index contributed by atoms with van der Waals surface area (Å²) in [4.78, 5) is 11.9. The summed E-state index contributed by atoms with van der Waals surface area (Å²) < 4.78 is 13.1. The van der Waals surface area contributed by atoms with E-state index < -0.39 is 6.10 Å². The van der Waals surface area contributed by atoms with Gasteiger partial charge in [-0.05, 0) is 43.9 Å². The van der Waals surface area contributed by atoms with Crippen molar-refractivity contribution in [3.05, 3.63) is 35.6 Å². The molecule has 116 valence electrons. The molecule has 0 bridgehead atoms. The minimum Gasteiger partial charge on any atom is -0.391 e. The van der Waals surface area contributed by atoms with Crippen LogP contribution in [0.2, 0.25) is 0 Å². The Kier molecular flexibility index (Phi) is 5.56. The molecule has 1 aromatic carbocycles. The van der Waals surface area contributed by atoms with Gasteiger partial charge in [-0.2, -0.15) is 0 Å². The second-order valence-corrected chi connectivity index (χ2v) is 5.81. The van der Waals surface area contributed by atoms with Crippen molar-refractivity contribution in [2.75, 3.05) is 0 Å². The minimum absolute atomic E-state index is 0.104. The number of rotatable bonds is 4. The number of hydrogen-bond acceptors (Lipinski definition) is 2. The van der Waals surface area contributed by atoms with E-state index in [2.05, 4.69) is 10.6 Å². The third kappa shape index (κ3) is 5.01. The first-order chi connectivity index (χ1) is 10.0. The van der Waals surface area contributed by atoms with Crippen LogP contribution in [0.25, 0.3) is 0 Å². The smallest absolute Gasteiger partial charge is 0.315 e. The lowest BCUT2D eigenvalue weighted by atomic mass is 9.93. The highest BCUT2D eigenvalue weighted by Gasteiger charge is 2.24. The molecule has 0 radical (unpaired) electrons. The Hall–Kier alpha value is -1.62. The van der Waals surface area contributed by atoms with Crippen molar-refractivity contribution in [2.45, 2.75) is 57.2 Å². The molecule has 3 unspecified atom stereocenters. The number of nitrogens with one attached hydrogen (secondary N) is 2. The Balaban J connectivity index is 1.79. The second-order valence-electron chi connectivity index (χ2n) is 5.81. The van der Waals surface area contributed by atoms with Crippen molar-refractivity contribution >= 4 is 6.03 Å². The fourth-order valence-corrected chi connectivity index (χ4v) is 2.78. The van der Waals surface area contributed by atoms with Crippen molar-refractivity contribution < 1.29 is 14.3 Å². The van der Waals surface area contributed by atoms with Crippen LogP contribution < -0.4 is 10.6 Å². The summed E-state index contributed by atoms with van der Waals surface area (Å²) in [6.07, 6.45) is 3.70. The van der Waals surface area contributed by atoms with Gasteiger partial charge in [0.1, 0.15) is 5.82 Å². The number of aliphatic hydroxyl groups excluding tert-OH is 1. The molecule has 2 rings (SSSR count). The van der Waals surface area contributed by atoms with Gasteiger partial charge in [0.2, 0.25) is 0 Å². The van der Waals surface area contributed by atoms with Crippen molar-refractivity contribution in [3.63, 3.8) is 0 Å². The van der Waals surface area contributed by atoms with Crippen LogP contribution in [-0.4, -0.2) is 29.3 Å². The normalized spacial score (nSPS) is 23.4. The van der Waals surface area contributed by atoms with E-state index in [9.17, 15) is 14.3 Å². The van der Waals surface area contributed by atoms with E-state index >= 15 is 0 Å². The number of carbonyl (C=O) groups excluding carboxylic acids is 1. The number of hydrogen-bond donors (Lipinski definition) is 3. The number of aliphatic hydroxyl groups is 1. The molecule has 1 aliphatic rings. The SMILES string of the molecule is CC(Cc1cccc(F)c1)NC(=O)NC1CCCCC1O. The zero-order valence-corrected chi connectivity index (χ0v) is 12.3. The van der Waals surface area contributed by atoms with Gasteiger partial charge in [0.15, 0.2) is 0 Å². The van der Waals surface area contributed by atoms with E-state index in [1.807, 2.05) is 13.0 Å². The Labute approximate surface area is 124 Å². The second kappa shape index (κ2) is 7.41. The van der Waals surface area contributed by atoms with Gasteiger partial charge in [-0.1, -0.05) is 25.0 Å². The molecule has 1 saturated carbocycles. The summed E-state index contributed by atoms with van der Waals surface area (Å²) in [5, 5.41) is 15.5. The number of carbonyl (C=O) groups is 1. The van der Waals surface area contributed by atoms with Crippen LogP contribution in [-0.2, 0) is 6.42 Å². The molecule has 21 heavy (non-hydrogen) atoms. The molecule has 1 aromatic rings. The van der Waals surface area contributed by atoms with Crippen LogP contribution in [0.4, 0.5) is 9.18 Å². The molecule has 0 heterocycles. The fraction of sp³-hybridized carbons (Fsp3) is 0.562. The quantitative estimate of drug-likeness (QED) is 0.798. The van der Waals surface area contributed by atoms with Gasteiger partial charge in [0.05, 0.1) is 12.1 Å². The van der Waals surface area contributed by atoms with E-state index in [4.69, 9.17) is 0 Å². The van der Waals surface area contributed by atoms with Gasteiger partial charge in [0.25, 0.3) is 0 Å². The lowest BCUT2D eigenvalue weighted by Crippen LogP contribution is -2.51. The lowest BCUT2D eigenvalue weighted by molar-refractivity contribution is 0.0941. The van der Waals surface area contributed by atoms with Crippen LogP contribution in [0.5, 0.6) is 0 Å². The molecule has 5 heteroatoms. The minimum atomic E-state index is -0.456. The molecular formula is C16H23FN2O2. The van der Waals surface area contributed by atoms with Crippen LogP contribution in [0.15, 0.2) is 24.3 Å². The first-order valence-electron chi connectivity index (χ1n) is 7.54. The largest absolute Gasteiger partial charge is 0.391 e. The maximum absolute atomic E-state index is 13.1. The average Bonchev–Trinajstić information content (AvgIpc) is 2.41. The maximum Gasteiger partial charge on any atom is 0.315 e. The summed E-state index contributed by atoms with van der Waals surface area (Å²) in [5.41, 5.74) is 0.848. The molecular weight excluding hydrogens is 271 g/mol. The number of amides is 2. The Morgan fingerprint density at radius 2 is 2.19 bits per heavy atom. The first kappa shape index (κ1) is 15.8. The molecule has 2 amide bonds. The van der Waals surface area contributed by atoms with Gasteiger partial charge in [-0.3, -0.25) is 0 Å². The average molecular weight is 294 g/mol. The van der Waals surface area contributed by atoms with Gasteiger partial charge in [0, 0.05) is 6.04 Å². The molecule has 0 spiro atoms. The Morgan fingerprint density at radius 3 is 2.90 bits per heavy atom. The van der Waals surface area contributed by atoms with Gasteiger partial charge >= 0.3 is 6.03 Å². The van der Waals surface area contributed by atoms with Gasteiger partial charge in [-0.25, -0.2) is 9.18 Å². The lowest BCUT2D eigenvalue weighted by Gasteiger charge is -2.29. The highest BCUT2D eigenvalue weighted by molar-refractivity contribution is 5.74. The predicted octanol–water partition coefficient (Wildman–Crippen LogP) is 2.36. The summed E-state index contributed by atoms with van der Waals surface area (Å²) in [6, 6.07) is 5.83. The number of halogens is 1. The molecule has 0 saturated heterocycles. The topological polar surface area (TPSA) is 61.4 Å². The third-order valence-electron chi connectivity index (χ3n) is 3.85. The van der Waals surface area contributed by atoms with E-state index in [0.717, 1.165) is 31.2 Å². The highest BCUT2D eigenvalue weighted by Crippen LogP contribution is 2.18. The first-order valence-corrected chi connectivity index (χ1v) is 7.54. The molecule has 3 atom stereocenters. The van der Waals surface area contributed by atoms with E-state index in [0.29, 0.717) is 6.42 Å². The van der Waals surface area contributed by atoms with E-state index in [-0.39, 0.29) is 23.9 Å². The molecule has 4 nitrogen and oxygen atoms in total. The monoisotopic (exact) mass is 294 g/mol. The zero-order valence-electron chi connectivity index (χ0n) is 12.3. The predicted molar refractivity (Wildman–Crippen MR) is 79.5 cm³/mol. The van der Waals surface area contributed by atoms with E-state index in [1.165, 1.54) is 12.1 Å². The molecule has 1 aliphatic carbocycles. The van der Waals surface area contributed by atoms with Crippen LogP contribution in [0.3, 0.4) is 0 Å². The number of urea groups is 1. The summed E-state index contributed by atoms with van der Waals surface area (Å²) >= 11 is 0. The van der Waals surface area contributed by atoms with Crippen molar-refractivity contribution in [1.82, 2.24) is 10.6 Å². The molecule has 3 N–H and O–H groups in total. The molecule has 0 aromatic heterocycles. The van der Waals surface area contributed by atoms with E-state index in [1.54, 1.807) is 6.07 Å². The van der Waals surface area contributed by atoms with Crippen molar-refractivity contribution in [1.29, 1.82) is 0 Å². The molecule has 0 aliphatic heterocycles. The Morgan fingerprint density at radius 1 is 1.43 bits per heavy atom. The van der Waals surface area contributed by atoms with Gasteiger partial charge in [-0.15, -0.1) is 0 Å².